The van der Waals surface area contributed by atoms with E-state index in [1.54, 1.807) is 6.92 Å². The molecule has 0 aliphatic rings. The normalized spacial score (nSPS) is 11.1. The van der Waals surface area contributed by atoms with Crippen molar-refractivity contribution in [2.75, 3.05) is 12.0 Å². The van der Waals surface area contributed by atoms with Crippen LogP contribution in [0.1, 0.15) is 5.56 Å². The predicted octanol–water partition coefficient (Wildman–Crippen LogP) is 0.824. The smallest absolute Gasteiger partial charge is 0.306 e. The van der Waals surface area contributed by atoms with Gasteiger partial charge >= 0.3 is 10.1 Å². The van der Waals surface area contributed by atoms with Crippen LogP contribution < -0.4 is 9.92 Å². The summed E-state index contributed by atoms with van der Waals surface area (Å²) >= 11 is 0. The van der Waals surface area contributed by atoms with E-state index >= 15 is 0 Å². The fourth-order valence-electron chi connectivity index (χ4n) is 1.11. The average Bonchev–Trinajstić information content (AvgIpc) is 2.07. The molecule has 1 rings (SSSR count). The highest BCUT2D eigenvalue weighted by atomic mass is 32.2. The third-order valence-electron chi connectivity index (χ3n) is 1.76. The molecule has 16 heavy (non-hydrogen) atoms. The lowest BCUT2D eigenvalue weighted by Crippen LogP contribution is -2.08. The monoisotopic (exact) mass is 246 g/mol. The average molecular weight is 246 g/mol. The van der Waals surface area contributed by atoms with Crippen molar-refractivity contribution < 1.29 is 17.5 Å². The van der Waals surface area contributed by atoms with Crippen molar-refractivity contribution >= 4 is 21.5 Å². The van der Waals surface area contributed by atoms with E-state index in [1.807, 2.05) is 0 Å². The number of nitrogen functional groups attached to an aromatic ring is 1. The largest absolute Gasteiger partial charge is 0.393 e. The van der Waals surface area contributed by atoms with E-state index in [9.17, 15) is 18.5 Å². The van der Waals surface area contributed by atoms with Crippen LogP contribution in [0.4, 0.5) is 11.4 Å². The maximum atomic E-state index is 10.9. The molecule has 0 radical (unpaired) electrons. The number of rotatable bonds is 3. The molecule has 8 heteroatoms. The van der Waals surface area contributed by atoms with Crippen LogP contribution in [0.2, 0.25) is 0 Å². The van der Waals surface area contributed by atoms with Crippen LogP contribution in [-0.2, 0) is 10.1 Å². The van der Waals surface area contributed by atoms with E-state index in [-0.39, 0.29) is 17.1 Å². The summed E-state index contributed by atoms with van der Waals surface area (Å²) in [5.41, 5.74) is 5.40. The molecular formula is C8H10N2O5S. The number of hydrogen-bond donors (Lipinski definition) is 1. The highest BCUT2D eigenvalue weighted by Gasteiger charge is 2.17. The van der Waals surface area contributed by atoms with Gasteiger partial charge in [0.15, 0.2) is 5.75 Å². The van der Waals surface area contributed by atoms with E-state index < -0.39 is 15.0 Å². The second-order valence-corrected chi connectivity index (χ2v) is 4.80. The van der Waals surface area contributed by atoms with Crippen molar-refractivity contribution in [3.8, 4) is 5.75 Å². The minimum atomic E-state index is -3.72. The van der Waals surface area contributed by atoms with Gasteiger partial charge in [0.05, 0.1) is 17.2 Å². The fraction of sp³-hybridized carbons (Fsp3) is 0.250. The van der Waals surface area contributed by atoms with Gasteiger partial charge in [0.1, 0.15) is 5.69 Å². The Bertz CT molecular complexity index is 538. The van der Waals surface area contributed by atoms with Crippen molar-refractivity contribution in [3.63, 3.8) is 0 Å². The first-order valence-corrected chi connectivity index (χ1v) is 5.96. The number of nitro benzene ring substituents is 1. The van der Waals surface area contributed by atoms with Crippen molar-refractivity contribution in [3.05, 3.63) is 27.8 Å². The molecule has 7 nitrogen and oxygen atoms in total. The Labute approximate surface area is 92.1 Å². The van der Waals surface area contributed by atoms with Gasteiger partial charge in [-0.15, -0.1) is 0 Å². The Morgan fingerprint density at radius 3 is 2.44 bits per heavy atom. The van der Waals surface area contributed by atoms with Crippen LogP contribution >= 0.6 is 0 Å². The number of aryl methyl sites for hydroxylation is 1. The molecule has 0 aromatic heterocycles. The first-order chi connectivity index (χ1) is 7.20. The zero-order valence-electron chi connectivity index (χ0n) is 8.63. The fourth-order valence-corrected chi connectivity index (χ4v) is 1.62. The first-order valence-electron chi connectivity index (χ1n) is 4.14. The van der Waals surface area contributed by atoms with E-state index in [0.717, 1.165) is 12.3 Å². The summed E-state index contributed by atoms with van der Waals surface area (Å²) in [4.78, 5) is 9.87. The minimum Gasteiger partial charge on any atom is -0.393 e. The molecule has 0 spiro atoms. The zero-order valence-corrected chi connectivity index (χ0v) is 9.45. The van der Waals surface area contributed by atoms with Crippen LogP contribution in [0.5, 0.6) is 5.75 Å². The molecule has 1 aromatic carbocycles. The second kappa shape index (κ2) is 3.97. The number of benzene rings is 1. The Morgan fingerprint density at radius 2 is 2.00 bits per heavy atom. The SMILES string of the molecule is Cc1cc(N)c([N+](=O)[O-])cc1OS(C)(=O)=O. The van der Waals surface area contributed by atoms with Gasteiger partial charge in [0.25, 0.3) is 5.69 Å². The van der Waals surface area contributed by atoms with E-state index in [0.29, 0.717) is 5.56 Å². The molecule has 0 saturated carbocycles. The summed E-state index contributed by atoms with van der Waals surface area (Å²) in [5.74, 6) is -0.0941. The Morgan fingerprint density at radius 1 is 1.44 bits per heavy atom. The molecule has 0 atom stereocenters. The highest BCUT2D eigenvalue weighted by Crippen LogP contribution is 2.30. The lowest BCUT2D eigenvalue weighted by molar-refractivity contribution is -0.383. The molecule has 1 aromatic rings. The Balaban J connectivity index is 3.31. The molecule has 0 bridgehead atoms. The van der Waals surface area contributed by atoms with Gasteiger partial charge in [-0.1, -0.05) is 0 Å². The van der Waals surface area contributed by atoms with E-state index in [2.05, 4.69) is 4.18 Å². The van der Waals surface area contributed by atoms with Crippen molar-refractivity contribution in [1.82, 2.24) is 0 Å². The van der Waals surface area contributed by atoms with E-state index in [4.69, 9.17) is 5.73 Å². The first kappa shape index (κ1) is 12.2. The predicted molar refractivity (Wildman–Crippen MR) is 57.7 cm³/mol. The van der Waals surface area contributed by atoms with Crippen molar-refractivity contribution in [2.24, 2.45) is 0 Å². The van der Waals surface area contributed by atoms with Gasteiger partial charge in [-0.25, -0.2) is 0 Å². The molecule has 0 saturated heterocycles. The summed E-state index contributed by atoms with van der Waals surface area (Å²) in [6.45, 7) is 1.54. The third-order valence-corrected chi connectivity index (χ3v) is 2.24. The Kier molecular flexibility index (Phi) is 3.04. The number of nitro groups is 1. The lowest BCUT2D eigenvalue weighted by Gasteiger charge is -2.07. The van der Waals surface area contributed by atoms with Crippen molar-refractivity contribution in [1.29, 1.82) is 0 Å². The summed E-state index contributed by atoms with van der Waals surface area (Å²) in [7, 11) is -3.72. The highest BCUT2D eigenvalue weighted by molar-refractivity contribution is 7.86. The maximum absolute atomic E-state index is 10.9. The van der Waals surface area contributed by atoms with Gasteiger partial charge in [-0.05, 0) is 18.6 Å². The lowest BCUT2D eigenvalue weighted by atomic mass is 10.2. The van der Waals surface area contributed by atoms with Crippen LogP contribution in [0.15, 0.2) is 12.1 Å². The zero-order chi connectivity index (χ0) is 12.5. The number of anilines is 1. The molecular weight excluding hydrogens is 236 g/mol. The van der Waals surface area contributed by atoms with Crippen LogP contribution in [-0.4, -0.2) is 19.6 Å². The molecule has 0 aliphatic heterocycles. The molecule has 0 fully saturated rings. The van der Waals surface area contributed by atoms with Crippen LogP contribution in [0, 0.1) is 17.0 Å². The Hall–Kier alpha value is -1.83. The van der Waals surface area contributed by atoms with Gasteiger partial charge in [-0.2, -0.15) is 8.42 Å². The number of nitrogens with zero attached hydrogens (tertiary/aromatic N) is 1. The third kappa shape index (κ3) is 2.83. The second-order valence-electron chi connectivity index (χ2n) is 3.22. The van der Waals surface area contributed by atoms with Gasteiger partial charge in [0.2, 0.25) is 0 Å². The summed E-state index contributed by atoms with van der Waals surface area (Å²) in [5, 5.41) is 10.6. The van der Waals surface area contributed by atoms with Crippen molar-refractivity contribution in [2.45, 2.75) is 6.92 Å². The molecule has 0 aliphatic carbocycles. The van der Waals surface area contributed by atoms with Gasteiger partial charge < -0.3 is 9.92 Å². The topological polar surface area (TPSA) is 113 Å². The van der Waals surface area contributed by atoms with E-state index in [1.165, 1.54) is 6.07 Å². The summed E-state index contributed by atoms with van der Waals surface area (Å²) in [6, 6.07) is 2.28. The quantitative estimate of drug-likeness (QED) is 0.365. The molecule has 88 valence electrons. The summed E-state index contributed by atoms with van der Waals surface area (Å²) in [6.07, 6.45) is 0.856. The molecule has 2 N–H and O–H groups in total. The maximum Gasteiger partial charge on any atom is 0.306 e. The van der Waals surface area contributed by atoms with Crippen LogP contribution in [0.3, 0.4) is 0 Å². The van der Waals surface area contributed by atoms with Gasteiger partial charge in [0, 0.05) is 0 Å². The van der Waals surface area contributed by atoms with Gasteiger partial charge in [-0.3, -0.25) is 10.1 Å². The standard InChI is InChI=1S/C8H10N2O5S/c1-5-3-6(9)7(10(11)12)4-8(5)15-16(2,13)14/h3-4H,9H2,1-2H3. The number of hydrogen-bond acceptors (Lipinski definition) is 6. The number of nitrogens with two attached hydrogens (primary N) is 1. The molecule has 0 unspecified atom stereocenters. The minimum absolute atomic E-state index is 0.0386. The molecule has 0 heterocycles. The molecule has 0 amide bonds. The van der Waals surface area contributed by atoms with Crippen LogP contribution in [0.25, 0.3) is 0 Å². The summed E-state index contributed by atoms with van der Waals surface area (Å²) < 4.78 is 26.4.